The molecular weight excluding hydrogens is 262 g/mol. The van der Waals surface area contributed by atoms with Crippen molar-refractivity contribution in [2.75, 3.05) is 13.2 Å². The minimum absolute atomic E-state index is 0.0396. The number of hydrogen-bond acceptors (Lipinski definition) is 3. The van der Waals surface area contributed by atoms with Gasteiger partial charge in [0.05, 0.1) is 19.3 Å². The van der Waals surface area contributed by atoms with Crippen LogP contribution in [0.4, 0.5) is 0 Å². The fraction of sp³-hybridized carbons (Fsp3) is 0.333. The molecule has 112 valence electrons. The van der Waals surface area contributed by atoms with Crippen LogP contribution in [0.2, 0.25) is 0 Å². The van der Waals surface area contributed by atoms with Crippen molar-refractivity contribution in [3.05, 3.63) is 65.7 Å². The molecule has 3 nitrogen and oxygen atoms in total. The van der Waals surface area contributed by atoms with Gasteiger partial charge in [-0.15, -0.1) is 0 Å². The van der Waals surface area contributed by atoms with E-state index < -0.39 is 0 Å². The third kappa shape index (κ3) is 4.88. The summed E-state index contributed by atoms with van der Waals surface area (Å²) in [4.78, 5) is 0. The zero-order chi connectivity index (χ0) is 14.9. The van der Waals surface area contributed by atoms with Gasteiger partial charge in [0.25, 0.3) is 0 Å². The van der Waals surface area contributed by atoms with Crippen LogP contribution in [0.15, 0.2) is 54.6 Å². The minimum atomic E-state index is -0.0396. The van der Waals surface area contributed by atoms with Crippen LogP contribution in [0.1, 0.15) is 30.5 Å². The molecule has 0 aliphatic rings. The van der Waals surface area contributed by atoms with Crippen LogP contribution in [0.3, 0.4) is 0 Å². The second kappa shape index (κ2) is 8.45. The van der Waals surface area contributed by atoms with Gasteiger partial charge in [-0.3, -0.25) is 0 Å². The third-order valence-corrected chi connectivity index (χ3v) is 3.33. The van der Waals surface area contributed by atoms with Gasteiger partial charge in [-0.05, 0) is 29.7 Å². The quantitative estimate of drug-likeness (QED) is 0.782. The number of ether oxygens (including phenoxy) is 1. The number of hydrogen-bond donors (Lipinski definition) is 2. The fourth-order valence-corrected chi connectivity index (χ4v) is 2.14. The molecule has 1 atom stereocenters. The van der Waals surface area contributed by atoms with Crippen molar-refractivity contribution in [2.45, 2.75) is 25.9 Å². The Balaban J connectivity index is 1.89. The highest BCUT2D eigenvalue weighted by Crippen LogP contribution is 2.15. The summed E-state index contributed by atoms with van der Waals surface area (Å²) in [6.45, 7) is 3.64. The first-order chi connectivity index (χ1) is 10.3. The molecule has 0 heterocycles. The smallest absolute Gasteiger partial charge is 0.119 e. The topological polar surface area (TPSA) is 41.5 Å². The summed E-state index contributed by atoms with van der Waals surface area (Å²) in [6, 6.07) is 18.0. The summed E-state index contributed by atoms with van der Waals surface area (Å²) < 4.78 is 5.57. The van der Waals surface area contributed by atoms with Crippen LogP contribution in [0, 0.1) is 0 Å². The molecule has 0 spiro atoms. The Morgan fingerprint density at radius 3 is 2.38 bits per heavy atom. The molecule has 0 bridgehead atoms. The summed E-state index contributed by atoms with van der Waals surface area (Å²) in [7, 11) is 0. The lowest BCUT2D eigenvalue weighted by Gasteiger charge is -2.17. The van der Waals surface area contributed by atoms with Crippen LogP contribution in [-0.4, -0.2) is 18.3 Å². The molecule has 2 N–H and O–H groups in total. The molecule has 0 aliphatic heterocycles. The number of benzene rings is 2. The number of rotatable bonds is 8. The van der Waals surface area contributed by atoms with Crippen molar-refractivity contribution in [2.24, 2.45) is 0 Å². The molecule has 2 aromatic carbocycles. The van der Waals surface area contributed by atoms with Crippen molar-refractivity contribution in [1.29, 1.82) is 0 Å². The first-order valence-electron chi connectivity index (χ1n) is 7.44. The van der Waals surface area contributed by atoms with Crippen molar-refractivity contribution >= 4 is 0 Å². The molecule has 0 amide bonds. The van der Waals surface area contributed by atoms with Gasteiger partial charge in [-0.2, -0.15) is 0 Å². The Kier molecular flexibility index (Phi) is 6.25. The fourth-order valence-electron chi connectivity index (χ4n) is 2.14. The first-order valence-corrected chi connectivity index (χ1v) is 7.44. The van der Waals surface area contributed by atoms with E-state index in [0.29, 0.717) is 6.54 Å². The maximum absolute atomic E-state index is 9.52. The van der Waals surface area contributed by atoms with E-state index in [1.165, 1.54) is 5.56 Å². The Labute approximate surface area is 126 Å². The van der Waals surface area contributed by atoms with Gasteiger partial charge in [-0.1, -0.05) is 49.4 Å². The predicted octanol–water partition coefficient (Wildman–Crippen LogP) is 3.30. The summed E-state index contributed by atoms with van der Waals surface area (Å²) >= 11 is 0. The van der Waals surface area contributed by atoms with Crippen molar-refractivity contribution in [3.8, 4) is 5.75 Å². The highest BCUT2D eigenvalue weighted by Gasteiger charge is 2.08. The Bertz CT molecular complexity index is 511. The molecule has 2 rings (SSSR count). The van der Waals surface area contributed by atoms with E-state index >= 15 is 0 Å². The second-order valence-electron chi connectivity index (χ2n) is 5.02. The van der Waals surface area contributed by atoms with Gasteiger partial charge in [0, 0.05) is 6.54 Å². The zero-order valence-corrected chi connectivity index (χ0v) is 12.5. The average Bonchev–Trinajstić information content (AvgIpc) is 2.55. The third-order valence-electron chi connectivity index (χ3n) is 3.33. The molecule has 0 aliphatic carbocycles. The Morgan fingerprint density at radius 1 is 1.05 bits per heavy atom. The van der Waals surface area contributed by atoms with Gasteiger partial charge >= 0.3 is 0 Å². The molecule has 0 radical (unpaired) electrons. The maximum Gasteiger partial charge on any atom is 0.119 e. The SMILES string of the molecule is CCCOc1ccc(CN[C@@H](CO)c2ccccc2)cc1. The van der Waals surface area contributed by atoms with Crippen LogP contribution in [0.5, 0.6) is 5.75 Å². The van der Waals surface area contributed by atoms with E-state index in [1.807, 2.05) is 42.5 Å². The second-order valence-corrected chi connectivity index (χ2v) is 5.02. The van der Waals surface area contributed by atoms with Gasteiger partial charge in [0.15, 0.2) is 0 Å². The monoisotopic (exact) mass is 285 g/mol. The van der Waals surface area contributed by atoms with Crippen LogP contribution in [0.25, 0.3) is 0 Å². The van der Waals surface area contributed by atoms with E-state index in [9.17, 15) is 5.11 Å². The first kappa shape index (κ1) is 15.5. The van der Waals surface area contributed by atoms with Crippen molar-refractivity contribution < 1.29 is 9.84 Å². The average molecular weight is 285 g/mol. The highest BCUT2D eigenvalue weighted by atomic mass is 16.5. The van der Waals surface area contributed by atoms with E-state index in [0.717, 1.165) is 24.3 Å². The van der Waals surface area contributed by atoms with Gasteiger partial charge < -0.3 is 15.2 Å². The molecule has 0 unspecified atom stereocenters. The van der Waals surface area contributed by atoms with E-state index in [1.54, 1.807) is 0 Å². The number of aliphatic hydroxyl groups excluding tert-OH is 1. The lowest BCUT2D eigenvalue weighted by atomic mass is 10.1. The molecule has 21 heavy (non-hydrogen) atoms. The predicted molar refractivity (Wildman–Crippen MR) is 85.3 cm³/mol. The Hall–Kier alpha value is -1.84. The van der Waals surface area contributed by atoms with Crippen molar-refractivity contribution in [3.63, 3.8) is 0 Å². The summed E-state index contributed by atoms with van der Waals surface area (Å²) in [5, 5.41) is 12.9. The Morgan fingerprint density at radius 2 is 1.76 bits per heavy atom. The minimum Gasteiger partial charge on any atom is -0.494 e. The normalized spacial score (nSPS) is 12.1. The molecular formula is C18H23NO2. The molecule has 0 saturated carbocycles. The lowest BCUT2D eigenvalue weighted by molar-refractivity contribution is 0.243. The van der Waals surface area contributed by atoms with E-state index in [4.69, 9.17) is 4.74 Å². The summed E-state index contributed by atoms with van der Waals surface area (Å²) in [6.07, 6.45) is 1.01. The summed E-state index contributed by atoms with van der Waals surface area (Å²) in [5.41, 5.74) is 2.27. The van der Waals surface area contributed by atoms with Gasteiger partial charge in [0.2, 0.25) is 0 Å². The lowest BCUT2D eigenvalue weighted by Crippen LogP contribution is -2.23. The van der Waals surface area contributed by atoms with Crippen LogP contribution < -0.4 is 10.1 Å². The largest absolute Gasteiger partial charge is 0.494 e. The molecule has 3 heteroatoms. The molecule has 0 saturated heterocycles. The molecule has 2 aromatic rings. The highest BCUT2D eigenvalue weighted by molar-refractivity contribution is 5.27. The van der Waals surface area contributed by atoms with Crippen LogP contribution >= 0.6 is 0 Å². The molecule has 0 fully saturated rings. The maximum atomic E-state index is 9.52. The van der Waals surface area contributed by atoms with Crippen LogP contribution in [-0.2, 0) is 6.54 Å². The standard InChI is InChI=1S/C18H23NO2/c1-2-12-21-17-10-8-15(9-11-17)13-19-18(14-20)16-6-4-3-5-7-16/h3-11,18-20H,2,12-14H2,1H3/t18-/m0/s1. The molecule has 0 aromatic heterocycles. The van der Waals surface area contributed by atoms with Gasteiger partial charge in [0.1, 0.15) is 5.75 Å². The van der Waals surface area contributed by atoms with Gasteiger partial charge in [-0.25, -0.2) is 0 Å². The number of nitrogens with one attached hydrogen (secondary N) is 1. The van der Waals surface area contributed by atoms with E-state index in [-0.39, 0.29) is 12.6 Å². The number of aliphatic hydroxyl groups is 1. The zero-order valence-electron chi connectivity index (χ0n) is 12.5. The van der Waals surface area contributed by atoms with E-state index in [2.05, 4.69) is 24.4 Å². The summed E-state index contributed by atoms with van der Waals surface area (Å²) in [5.74, 6) is 0.905. The van der Waals surface area contributed by atoms with Crippen molar-refractivity contribution in [1.82, 2.24) is 5.32 Å².